The van der Waals surface area contributed by atoms with Gasteiger partial charge in [0.25, 0.3) is 5.91 Å². The summed E-state index contributed by atoms with van der Waals surface area (Å²) in [7, 11) is 1.85. The number of carbonyl (C=O) groups is 2. The van der Waals surface area contributed by atoms with Crippen molar-refractivity contribution in [3.8, 4) is 0 Å². The number of anilines is 2. The summed E-state index contributed by atoms with van der Waals surface area (Å²) >= 11 is 0. The van der Waals surface area contributed by atoms with Gasteiger partial charge in [-0.15, -0.1) is 0 Å². The van der Waals surface area contributed by atoms with Crippen LogP contribution in [0, 0.1) is 6.92 Å². The highest BCUT2D eigenvalue weighted by molar-refractivity contribution is 6.12. The summed E-state index contributed by atoms with van der Waals surface area (Å²) in [6.45, 7) is 1.89. The summed E-state index contributed by atoms with van der Waals surface area (Å²) in [6.07, 6.45) is 4.30. The molecule has 0 radical (unpaired) electrons. The first kappa shape index (κ1) is 18.6. The van der Waals surface area contributed by atoms with Gasteiger partial charge in [-0.1, -0.05) is 0 Å². The third kappa shape index (κ3) is 3.72. The summed E-state index contributed by atoms with van der Waals surface area (Å²) in [5.74, 6) is 0.246. The second kappa shape index (κ2) is 7.12. The van der Waals surface area contributed by atoms with Gasteiger partial charge in [0.05, 0.1) is 16.6 Å². The largest absolute Gasteiger partial charge is 0.335 e. The second-order valence-electron chi connectivity index (χ2n) is 8.18. The van der Waals surface area contributed by atoms with Crippen molar-refractivity contribution in [1.82, 2.24) is 20.1 Å². The number of nitrogens with one attached hydrogen (secondary N) is 3. The summed E-state index contributed by atoms with van der Waals surface area (Å²) in [4.78, 5) is 29.7. The maximum absolute atomic E-state index is 13.1. The van der Waals surface area contributed by atoms with E-state index in [-0.39, 0.29) is 11.9 Å². The molecule has 2 aliphatic rings. The van der Waals surface area contributed by atoms with Crippen molar-refractivity contribution in [3.05, 3.63) is 47.3 Å². The van der Waals surface area contributed by atoms with Crippen LogP contribution in [0.5, 0.6) is 0 Å². The molecular weight excluding hydrogens is 380 g/mol. The molecule has 154 valence electrons. The lowest BCUT2D eigenvalue weighted by molar-refractivity contribution is 0.102. The van der Waals surface area contributed by atoms with E-state index >= 15 is 0 Å². The van der Waals surface area contributed by atoms with E-state index < -0.39 is 0 Å². The lowest BCUT2D eigenvalue weighted by Gasteiger charge is -2.10. The van der Waals surface area contributed by atoms with Crippen LogP contribution >= 0.6 is 0 Å². The molecule has 0 aliphatic heterocycles. The van der Waals surface area contributed by atoms with Crippen molar-refractivity contribution in [1.29, 1.82) is 0 Å². The molecule has 2 saturated carbocycles. The van der Waals surface area contributed by atoms with E-state index in [1.54, 1.807) is 28.9 Å². The number of benzene rings is 1. The Balaban J connectivity index is 1.36. The monoisotopic (exact) mass is 404 g/mol. The van der Waals surface area contributed by atoms with Gasteiger partial charge in [0.1, 0.15) is 0 Å². The Morgan fingerprint density at radius 2 is 1.70 bits per heavy atom. The molecule has 3 aromatic rings. The number of hydrogen-bond acceptors (Lipinski definition) is 4. The summed E-state index contributed by atoms with van der Waals surface area (Å²) in [5, 5.41) is 13.9. The maximum Gasteiger partial charge on any atom is 0.319 e. The van der Waals surface area contributed by atoms with E-state index in [4.69, 9.17) is 4.98 Å². The minimum Gasteiger partial charge on any atom is -0.335 e. The summed E-state index contributed by atoms with van der Waals surface area (Å²) < 4.78 is 1.74. The van der Waals surface area contributed by atoms with Crippen molar-refractivity contribution in [3.63, 3.8) is 0 Å². The predicted octanol–water partition coefficient (Wildman–Crippen LogP) is 3.69. The van der Waals surface area contributed by atoms with Crippen LogP contribution < -0.4 is 16.0 Å². The predicted molar refractivity (Wildman–Crippen MR) is 115 cm³/mol. The van der Waals surface area contributed by atoms with Gasteiger partial charge >= 0.3 is 6.03 Å². The molecule has 0 unspecified atom stereocenters. The molecule has 5 rings (SSSR count). The molecule has 8 nitrogen and oxygen atoms in total. The van der Waals surface area contributed by atoms with Gasteiger partial charge in [0, 0.05) is 36.1 Å². The van der Waals surface area contributed by atoms with E-state index in [2.05, 4.69) is 21.0 Å². The zero-order valence-corrected chi connectivity index (χ0v) is 17.0. The average molecular weight is 404 g/mol. The molecule has 0 atom stereocenters. The minimum atomic E-state index is -0.201. The molecule has 0 saturated heterocycles. The third-order valence-corrected chi connectivity index (χ3v) is 5.54. The van der Waals surface area contributed by atoms with E-state index in [0.717, 1.165) is 48.1 Å². The van der Waals surface area contributed by atoms with E-state index in [9.17, 15) is 9.59 Å². The highest BCUT2D eigenvalue weighted by Gasteiger charge is 2.28. The summed E-state index contributed by atoms with van der Waals surface area (Å²) in [6, 6.07) is 9.11. The van der Waals surface area contributed by atoms with Gasteiger partial charge in [-0.3, -0.25) is 9.48 Å². The van der Waals surface area contributed by atoms with Gasteiger partial charge < -0.3 is 16.0 Å². The smallest absolute Gasteiger partial charge is 0.319 e. The number of nitrogens with zero attached hydrogens (tertiary/aromatic N) is 3. The average Bonchev–Trinajstić information content (AvgIpc) is 3.63. The lowest BCUT2D eigenvalue weighted by atomic mass is 10.1. The zero-order valence-electron chi connectivity index (χ0n) is 17.0. The number of hydrogen-bond donors (Lipinski definition) is 3. The number of rotatable bonds is 5. The number of amides is 3. The van der Waals surface area contributed by atoms with E-state index in [1.165, 1.54) is 0 Å². The maximum atomic E-state index is 13.1. The van der Waals surface area contributed by atoms with Crippen LogP contribution in [-0.4, -0.2) is 32.7 Å². The lowest BCUT2D eigenvalue weighted by Crippen LogP contribution is -2.30. The van der Waals surface area contributed by atoms with Crippen molar-refractivity contribution in [2.45, 2.75) is 44.6 Å². The minimum absolute atomic E-state index is 0.187. The number of carbonyl (C=O) groups excluding carboxylic acids is 2. The molecule has 8 heteroatoms. The van der Waals surface area contributed by atoms with E-state index in [1.807, 2.05) is 20.0 Å². The van der Waals surface area contributed by atoms with Crippen LogP contribution in [0.2, 0.25) is 0 Å². The van der Waals surface area contributed by atoms with Gasteiger partial charge in [0.15, 0.2) is 5.65 Å². The van der Waals surface area contributed by atoms with Gasteiger partial charge in [-0.2, -0.15) is 5.10 Å². The Kier molecular flexibility index (Phi) is 4.42. The molecule has 0 spiro atoms. The number of fused-ring (bicyclic) bond motifs is 1. The van der Waals surface area contributed by atoms with Crippen LogP contribution in [0.4, 0.5) is 16.2 Å². The number of aryl methyl sites for hydroxylation is 2. The van der Waals surface area contributed by atoms with E-state index in [0.29, 0.717) is 28.9 Å². The van der Waals surface area contributed by atoms with Gasteiger partial charge in [-0.05, 0) is 62.9 Å². The van der Waals surface area contributed by atoms with Crippen molar-refractivity contribution < 1.29 is 9.59 Å². The van der Waals surface area contributed by atoms with Crippen LogP contribution in [-0.2, 0) is 7.05 Å². The van der Waals surface area contributed by atoms with Crippen LogP contribution in [0.25, 0.3) is 11.0 Å². The summed E-state index contributed by atoms with van der Waals surface area (Å²) in [5.41, 5.74) is 4.41. The fourth-order valence-corrected chi connectivity index (χ4v) is 3.65. The first-order chi connectivity index (χ1) is 14.5. The Labute approximate surface area is 174 Å². The topological polar surface area (TPSA) is 101 Å². The molecule has 0 bridgehead atoms. The first-order valence-corrected chi connectivity index (χ1v) is 10.3. The Bertz CT molecular complexity index is 1140. The quantitative estimate of drug-likeness (QED) is 0.604. The molecular formula is C22H24N6O2. The fourth-order valence-electron chi connectivity index (χ4n) is 3.65. The molecule has 2 aliphatic carbocycles. The Morgan fingerprint density at radius 1 is 1.03 bits per heavy atom. The van der Waals surface area contributed by atoms with Crippen molar-refractivity contribution in [2.75, 3.05) is 10.6 Å². The molecule has 3 N–H and O–H groups in total. The van der Waals surface area contributed by atoms with Gasteiger partial charge in [-0.25, -0.2) is 9.78 Å². The zero-order chi connectivity index (χ0) is 20.8. The second-order valence-corrected chi connectivity index (χ2v) is 8.18. The normalized spacial score (nSPS) is 15.8. The molecule has 2 fully saturated rings. The molecule has 3 amide bonds. The fraction of sp³-hybridized carbons (Fsp3) is 0.364. The highest BCUT2D eigenvalue weighted by Crippen LogP contribution is 2.40. The van der Waals surface area contributed by atoms with Crippen LogP contribution in [0.3, 0.4) is 0 Å². The SMILES string of the molecule is Cc1nn(C)c2nc(C3CC3)cc(C(=O)Nc3ccc(NC(=O)NC4CC4)cc3)c12. The van der Waals surface area contributed by atoms with Crippen LogP contribution in [0.15, 0.2) is 30.3 Å². The molecule has 1 aromatic carbocycles. The third-order valence-electron chi connectivity index (χ3n) is 5.54. The van der Waals surface area contributed by atoms with Gasteiger partial charge in [0.2, 0.25) is 0 Å². The Hall–Kier alpha value is -3.42. The number of urea groups is 1. The highest BCUT2D eigenvalue weighted by atomic mass is 16.2. The van der Waals surface area contributed by atoms with Crippen LogP contribution in [0.1, 0.15) is 53.3 Å². The first-order valence-electron chi connectivity index (χ1n) is 10.3. The Morgan fingerprint density at radius 3 is 2.33 bits per heavy atom. The molecule has 2 aromatic heterocycles. The number of aromatic nitrogens is 3. The van der Waals surface area contributed by atoms with Crippen molar-refractivity contribution in [2.24, 2.45) is 7.05 Å². The standard InChI is InChI=1S/C22H24N6O2/c1-12-19-17(11-18(13-3-4-13)26-20(19)28(2)27-12)21(29)23-14-5-7-15(8-6-14)24-22(30)25-16-9-10-16/h5-8,11,13,16H,3-4,9-10H2,1-2H3,(H,23,29)(H2,24,25,30). The van der Waals surface area contributed by atoms with Crippen molar-refractivity contribution >= 4 is 34.3 Å². The number of pyridine rings is 1. The molecule has 30 heavy (non-hydrogen) atoms. The molecule has 2 heterocycles.